The van der Waals surface area contributed by atoms with Crippen molar-refractivity contribution in [2.24, 2.45) is 17.7 Å². The Bertz CT molecular complexity index is 770. The third kappa shape index (κ3) is 1.77. The summed E-state index contributed by atoms with van der Waals surface area (Å²) in [5.74, 6) is 1.84. The Morgan fingerprint density at radius 3 is 1.57 bits per heavy atom. The fraction of sp³-hybridized carbons (Fsp3) is 0.222. The van der Waals surface area contributed by atoms with Gasteiger partial charge in [0.15, 0.2) is 0 Å². The highest BCUT2D eigenvalue weighted by atomic mass is 16.4. The summed E-state index contributed by atoms with van der Waals surface area (Å²) in [6.07, 6.45) is 0. The van der Waals surface area contributed by atoms with E-state index in [1.807, 2.05) is 48.5 Å². The number of carboxylic acids is 1. The van der Waals surface area contributed by atoms with Crippen LogP contribution in [0.5, 0.6) is 0 Å². The lowest BCUT2D eigenvalue weighted by Gasteiger charge is -2.48. The van der Waals surface area contributed by atoms with E-state index in [1.165, 1.54) is 0 Å². The van der Waals surface area contributed by atoms with Crippen LogP contribution < -0.4 is 11.3 Å². The number of nitrogens with two attached hydrogens (primary N) is 1. The molecule has 0 radical (unpaired) electrons. The quantitative estimate of drug-likeness (QED) is 0.446. The van der Waals surface area contributed by atoms with Crippen LogP contribution >= 0.6 is 0 Å². The first-order valence-corrected chi connectivity index (χ1v) is 7.56. The number of amides is 1. The summed E-state index contributed by atoms with van der Waals surface area (Å²) in [4.78, 5) is 24.4. The number of carbonyl (C=O) groups is 2. The van der Waals surface area contributed by atoms with Crippen LogP contribution in [0.4, 0.5) is 0 Å². The number of nitrogens with one attached hydrogen (secondary N) is 1. The van der Waals surface area contributed by atoms with Gasteiger partial charge in [-0.1, -0.05) is 48.5 Å². The van der Waals surface area contributed by atoms with Crippen LogP contribution in [0.1, 0.15) is 34.1 Å². The molecule has 5 nitrogen and oxygen atoms in total. The zero-order valence-corrected chi connectivity index (χ0v) is 12.3. The number of benzene rings is 2. The summed E-state index contributed by atoms with van der Waals surface area (Å²) in [6, 6.07) is 15.6. The Morgan fingerprint density at radius 1 is 0.826 bits per heavy atom. The standard InChI is InChI=1S/C18H16N2O3/c19-20-17(21)15-13-9-5-1-3-7-11(9)14(16(15)18(22)23)12-8-4-2-6-10(12)13/h1-8,13-16H,19H2,(H,20,21)(H,22,23)/t13?,14?,15-,16+/m1/s1. The van der Waals surface area contributed by atoms with E-state index >= 15 is 0 Å². The number of rotatable bonds is 2. The van der Waals surface area contributed by atoms with E-state index in [9.17, 15) is 14.7 Å². The summed E-state index contributed by atoms with van der Waals surface area (Å²) >= 11 is 0. The second-order valence-corrected chi connectivity index (χ2v) is 6.11. The van der Waals surface area contributed by atoms with Gasteiger partial charge in [-0.2, -0.15) is 0 Å². The fourth-order valence-electron chi connectivity index (χ4n) is 4.39. The van der Waals surface area contributed by atoms with E-state index in [0.29, 0.717) is 0 Å². The molecule has 3 aliphatic carbocycles. The molecule has 2 aromatic carbocycles. The molecule has 2 aromatic rings. The van der Waals surface area contributed by atoms with Crippen LogP contribution in [-0.2, 0) is 9.59 Å². The van der Waals surface area contributed by atoms with E-state index in [-0.39, 0.29) is 11.8 Å². The normalized spacial score (nSPS) is 27.0. The van der Waals surface area contributed by atoms with Gasteiger partial charge in [0.25, 0.3) is 0 Å². The highest BCUT2D eigenvalue weighted by molar-refractivity contribution is 5.89. The fourth-order valence-corrected chi connectivity index (χ4v) is 4.39. The summed E-state index contributed by atoms with van der Waals surface area (Å²) in [6.45, 7) is 0. The van der Waals surface area contributed by atoms with Crippen molar-refractivity contribution in [2.75, 3.05) is 0 Å². The molecule has 0 unspecified atom stereocenters. The molecule has 5 heteroatoms. The Morgan fingerprint density at radius 2 is 1.22 bits per heavy atom. The third-order valence-corrected chi connectivity index (χ3v) is 5.17. The van der Waals surface area contributed by atoms with Crippen LogP contribution in [0, 0.1) is 11.8 Å². The number of hydrogen-bond acceptors (Lipinski definition) is 3. The van der Waals surface area contributed by atoms with E-state index in [1.54, 1.807) is 0 Å². The maximum Gasteiger partial charge on any atom is 0.308 e. The smallest absolute Gasteiger partial charge is 0.308 e. The first-order chi connectivity index (χ1) is 11.1. The van der Waals surface area contributed by atoms with Crippen molar-refractivity contribution in [2.45, 2.75) is 11.8 Å². The molecule has 0 aliphatic heterocycles. The van der Waals surface area contributed by atoms with Crippen LogP contribution in [0.2, 0.25) is 0 Å². The first kappa shape index (κ1) is 14.0. The molecular formula is C18H16N2O3. The van der Waals surface area contributed by atoms with Crippen molar-refractivity contribution >= 4 is 11.9 Å². The van der Waals surface area contributed by atoms with E-state index < -0.39 is 23.7 Å². The summed E-state index contributed by atoms with van der Waals surface area (Å²) in [5.41, 5.74) is 6.23. The minimum atomic E-state index is -0.961. The van der Waals surface area contributed by atoms with Gasteiger partial charge >= 0.3 is 5.97 Å². The van der Waals surface area contributed by atoms with Crippen molar-refractivity contribution in [1.82, 2.24) is 5.43 Å². The topological polar surface area (TPSA) is 92.4 Å². The van der Waals surface area contributed by atoms with Crippen molar-refractivity contribution in [3.63, 3.8) is 0 Å². The molecular weight excluding hydrogens is 292 g/mol. The van der Waals surface area contributed by atoms with Gasteiger partial charge in [-0.25, -0.2) is 5.84 Å². The van der Waals surface area contributed by atoms with Gasteiger partial charge in [0.1, 0.15) is 0 Å². The van der Waals surface area contributed by atoms with Crippen LogP contribution in [-0.4, -0.2) is 17.0 Å². The molecule has 3 aliphatic rings. The lowest BCUT2D eigenvalue weighted by molar-refractivity contribution is -0.149. The van der Waals surface area contributed by atoms with Crippen molar-refractivity contribution in [1.29, 1.82) is 0 Å². The maximum absolute atomic E-state index is 12.4. The van der Waals surface area contributed by atoms with Gasteiger partial charge in [0, 0.05) is 11.8 Å². The van der Waals surface area contributed by atoms with Gasteiger partial charge in [0.05, 0.1) is 11.8 Å². The summed E-state index contributed by atoms with van der Waals surface area (Å²) in [7, 11) is 0. The molecule has 23 heavy (non-hydrogen) atoms. The van der Waals surface area contributed by atoms with Crippen molar-refractivity contribution < 1.29 is 14.7 Å². The van der Waals surface area contributed by atoms with Crippen LogP contribution in [0.15, 0.2) is 48.5 Å². The molecule has 0 fully saturated rings. The number of hydrazine groups is 1. The number of hydrogen-bond donors (Lipinski definition) is 3. The molecule has 1 amide bonds. The Kier molecular flexibility index (Phi) is 2.99. The molecule has 0 spiro atoms. The summed E-state index contributed by atoms with van der Waals surface area (Å²) < 4.78 is 0. The monoisotopic (exact) mass is 308 g/mol. The minimum Gasteiger partial charge on any atom is -0.481 e. The van der Waals surface area contributed by atoms with Crippen LogP contribution in [0.25, 0.3) is 0 Å². The lowest BCUT2D eigenvalue weighted by Crippen LogP contribution is -2.51. The average molecular weight is 308 g/mol. The predicted molar refractivity (Wildman–Crippen MR) is 83.5 cm³/mol. The molecule has 116 valence electrons. The highest BCUT2D eigenvalue weighted by Crippen LogP contribution is 2.58. The Balaban J connectivity index is 2.03. The number of carboxylic acid groups (broad SMARTS) is 1. The number of aliphatic carboxylic acids is 1. The molecule has 0 saturated carbocycles. The zero-order chi connectivity index (χ0) is 16.1. The van der Waals surface area contributed by atoms with Gasteiger partial charge < -0.3 is 5.11 Å². The van der Waals surface area contributed by atoms with E-state index in [4.69, 9.17) is 5.84 Å². The Hall–Kier alpha value is -2.66. The molecule has 2 bridgehead atoms. The van der Waals surface area contributed by atoms with Gasteiger partial charge in [0.2, 0.25) is 5.91 Å². The highest BCUT2D eigenvalue weighted by Gasteiger charge is 2.55. The lowest BCUT2D eigenvalue weighted by atomic mass is 9.54. The van der Waals surface area contributed by atoms with Gasteiger partial charge in [-0.05, 0) is 22.3 Å². The number of carbonyl (C=O) groups excluding carboxylic acids is 1. The molecule has 5 rings (SSSR count). The second kappa shape index (κ2) is 4.93. The van der Waals surface area contributed by atoms with Gasteiger partial charge in [-0.15, -0.1) is 0 Å². The molecule has 4 N–H and O–H groups in total. The van der Waals surface area contributed by atoms with Crippen LogP contribution in [0.3, 0.4) is 0 Å². The Labute approximate surface area is 133 Å². The van der Waals surface area contributed by atoms with Crippen molar-refractivity contribution in [3.8, 4) is 0 Å². The molecule has 0 heterocycles. The molecule has 0 aromatic heterocycles. The van der Waals surface area contributed by atoms with E-state index in [0.717, 1.165) is 22.3 Å². The van der Waals surface area contributed by atoms with Gasteiger partial charge in [-0.3, -0.25) is 15.0 Å². The third-order valence-electron chi connectivity index (χ3n) is 5.17. The first-order valence-electron chi connectivity index (χ1n) is 7.56. The van der Waals surface area contributed by atoms with Crippen molar-refractivity contribution in [3.05, 3.63) is 70.8 Å². The molecule has 2 atom stereocenters. The van der Waals surface area contributed by atoms with E-state index in [2.05, 4.69) is 5.43 Å². The zero-order valence-electron chi connectivity index (χ0n) is 12.3. The average Bonchev–Trinajstić information content (AvgIpc) is 2.60. The SMILES string of the molecule is NNC(=O)[C@@H]1C2c3ccccc3C(c3ccccc32)[C@@H]1C(=O)O. The molecule has 0 saturated heterocycles. The predicted octanol–water partition coefficient (Wildman–Crippen LogP) is 1.58. The summed E-state index contributed by atoms with van der Waals surface area (Å²) in [5, 5.41) is 9.81. The minimum absolute atomic E-state index is 0.281. The number of fused-ring (bicyclic) bond motifs is 1. The second-order valence-electron chi connectivity index (χ2n) is 6.11. The maximum atomic E-state index is 12.4. The largest absolute Gasteiger partial charge is 0.481 e.